The first-order valence-electron chi connectivity index (χ1n) is 5.42. The van der Waals surface area contributed by atoms with Crippen LogP contribution in [0.15, 0.2) is 22.8 Å². The van der Waals surface area contributed by atoms with Crippen LogP contribution in [-0.4, -0.2) is 23.0 Å². The summed E-state index contributed by atoms with van der Waals surface area (Å²) in [6, 6.07) is 6.03. The number of carbonyl (C=O) groups is 1. The minimum Gasteiger partial charge on any atom is -0.309 e. The number of piperidine rings is 1. The van der Waals surface area contributed by atoms with Crippen LogP contribution in [-0.2, 0) is 4.79 Å². The molecule has 2 fully saturated rings. The first-order chi connectivity index (χ1) is 7.72. The van der Waals surface area contributed by atoms with E-state index in [1.54, 1.807) is 6.07 Å². The fourth-order valence-electron chi connectivity index (χ4n) is 2.22. The summed E-state index contributed by atoms with van der Waals surface area (Å²) in [5.41, 5.74) is 0. The molecule has 0 aromatic carbocycles. The Kier molecular flexibility index (Phi) is 2.44. The number of fused-ring (bicyclic) bond motifs is 1. The van der Waals surface area contributed by atoms with Crippen molar-refractivity contribution in [2.45, 2.75) is 24.9 Å². The molecule has 1 aromatic heterocycles. The van der Waals surface area contributed by atoms with E-state index < -0.39 is 0 Å². The van der Waals surface area contributed by atoms with Gasteiger partial charge in [0, 0.05) is 6.04 Å². The predicted octanol–water partition coefficient (Wildman–Crippen LogP) is 1.53. The largest absolute Gasteiger partial charge is 0.309 e. The molecule has 2 aliphatic rings. The molecule has 2 heterocycles. The molecule has 3 atom stereocenters. The van der Waals surface area contributed by atoms with Crippen molar-refractivity contribution >= 4 is 27.7 Å². The summed E-state index contributed by atoms with van der Waals surface area (Å²) in [4.78, 5) is 16.0. The maximum absolute atomic E-state index is 11.9. The maximum atomic E-state index is 11.9. The molecule has 3 rings (SSSR count). The molecule has 0 spiro atoms. The zero-order valence-corrected chi connectivity index (χ0v) is 10.2. The van der Waals surface area contributed by atoms with Crippen LogP contribution >= 0.6 is 15.9 Å². The minimum atomic E-state index is -0.0375. The lowest BCUT2D eigenvalue weighted by atomic mass is 10.2. The highest BCUT2D eigenvalue weighted by Gasteiger charge is 2.47. The summed E-state index contributed by atoms with van der Waals surface area (Å²) in [5.74, 6) is 1.35. The fraction of sp³-hybridized carbons (Fsp3) is 0.455. The van der Waals surface area contributed by atoms with E-state index in [-0.39, 0.29) is 11.9 Å². The molecule has 0 radical (unpaired) electrons. The lowest BCUT2D eigenvalue weighted by Gasteiger charge is -2.12. The average Bonchev–Trinajstić information content (AvgIpc) is 2.86. The predicted molar refractivity (Wildman–Crippen MR) is 64.0 cm³/mol. The number of halogens is 1. The zero-order valence-electron chi connectivity index (χ0n) is 8.61. The van der Waals surface area contributed by atoms with Crippen molar-refractivity contribution < 1.29 is 4.79 Å². The molecule has 4 nitrogen and oxygen atoms in total. The number of nitrogens with one attached hydrogen (secondary N) is 2. The van der Waals surface area contributed by atoms with E-state index in [2.05, 4.69) is 31.5 Å². The number of hydrogen-bond acceptors (Lipinski definition) is 3. The Bertz CT molecular complexity index is 427. The lowest BCUT2D eigenvalue weighted by molar-refractivity contribution is -0.118. The van der Waals surface area contributed by atoms with Gasteiger partial charge in [-0.1, -0.05) is 6.07 Å². The second-order valence-electron chi connectivity index (χ2n) is 4.39. The zero-order chi connectivity index (χ0) is 11.1. The van der Waals surface area contributed by atoms with Gasteiger partial charge in [-0.05, 0) is 46.8 Å². The topological polar surface area (TPSA) is 54.0 Å². The van der Waals surface area contributed by atoms with E-state index in [9.17, 15) is 4.79 Å². The smallest absolute Gasteiger partial charge is 0.242 e. The van der Waals surface area contributed by atoms with Gasteiger partial charge in [0.2, 0.25) is 5.91 Å². The van der Waals surface area contributed by atoms with E-state index >= 15 is 0 Å². The summed E-state index contributed by atoms with van der Waals surface area (Å²) in [5, 5.41) is 6.13. The van der Waals surface area contributed by atoms with Gasteiger partial charge in [-0.3, -0.25) is 4.79 Å². The van der Waals surface area contributed by atoms with Crippen molar-refractivity contribution in [3.63, 3.8) is 0 Å². The summed E-state index contributed by atoms with van der Waals surface area (Å²) in [6.45, 7) is 0. The van der Waals surface area contributed by atoms with Gasteiger partial charge in [-0.15, -0.1) is 0 Å². The summed E-state index contributed by atoms with van der Waals surface area (Å²) < 4.78 is 0.729. The van der Waals surface area contributed by atoms with Crippen LogP contribution in [0.5, 0.6) is 0 Å². The quantitative estimate of drug-likeness (QED) is 0.809. The highest BCUT2D eigenvalue weighted by Crippen LogP contribution is 2.40. The molecular weight excluding hydrogens is 270 g/mol. The monoisotopic (exact) mass is 281 g/mol. The van der Waals surface area contributed by atoms with Gasteiger partial charge in [-0.2, -0.15) is 0 Å². The van der Waals surface area contributed by atoms with Crippen LogP contribution in [0.25, 0.3) is 0 Å². The molecule has 1 unspecified atom stereocenters. The number of aromatic nitrogens is 1. The number of hydrogen-bond donors (Lipinski definition) is 2. The van der Waals surface area contributed by atoms with Crippen molar-refractivity contribution in [1.29, 1.82) is 0 Å². The van der Waals surface area contributed by atoms with Crippen molar-refractivity contribution in [3.8, 4) is 0 Å². The van der Waals surface area contributed by atoms with E-state index in [4.69, 9.17) is 0 Å². The van der Waals surface area contributed by atoms with Crippen molar-refractivity contribution in [1.82, 2.24) is 10.3 Å². The molecule has 84 valence electrons. The first kappa shape index (κ1) is 10.2. The number of nitrogens with zero attached hydrogens (tertiary/aromatic N) is 1. The summed E-state index contributed by atoms with van der Waals surface area (Å²) in [6.07, 6.45) is 2.20. The molecule has 1 saturated carbocycles. The molecule has 16 heavy (non-hydrogen) atoms. The number of amides is 1. The third kappa shape index (κ3) is 1.97. The highest BCUT2D eigenvalue weighted by atomic mass is 79.9. The SMILES string of the molecule is O=C(Nc1cccc(Br)n1)[C@@H]1C[C@H]2CC2N1. The lowest BCUT2D eigenvalue weighted by Crippen LogP contribution is -2.38. The first-order valence-corrected chi connectivity index (χ1v) is 6.21. The Morgan fingerprint density at radius 3 is 3.06 bits per heavy atom. The van der Waals surface area contributed by atoms with Crippen LogP contribution in [0.4, 0.5) is 5.82 Å². The van der Waals surface area contributed by atoms with Gasteiger partial charge >= 0.3 is 0 Å². The second kappa shape index (κ2) is 3.82. The number of rotatable bonds is 2. The van der Waals surface area contributed by atoms with Crippen molar-refractivity contribution in [2.24, 2.45) is 5.92 Å². The number of carbonyl (C=O) groups excluding carboxylic acids is 1. The molecule has 2 N–H and O–H groups in total. The molecule has 1 aromatic rings. The van der Waals surface area contributed by atoms with Gasteiger partial charge in [0.05, 0.1) is 6.04 Å². The number of pyridine rings is 1. The van der Waals surface area contributed by atoms with Gasteiger partial charge in [0.25, 0.3) is 0 Å². The highest BCUT2D eigenvalue weighted by molar-refractivity contribution is 9.10. The standard InChI is InChI=1S/C11H12BrN3O/c12-9-2-1-3-10(14-9)15-11(16)8-5-6-4-7(6)13-8/h1-3,6-8,13H,4-5H2,(H,14,15,16)/t6-,7?,8+/m1/s1. The maximum Gasteiger partial charge on any atom is 0.242 e. The van der Waals surface area contributed by atoms with E-state index in [1.807, 2.05) is 12.1 Å². The number of anilines is 1. The van der Waals surface area contributed by atoms with Crippen LogP contribution in [0.3, 0.4) is 0 Å². The Morgan fingerprint density at radius 1 is 1.50 bits per heavy atom. The second-order valence-corrected chi connectivity index (χ2v) is 5.20. The third-order valence-electron chi connectivity index (χ3n) is 3.16. The van der Waals surface area contributed by atoms with Crippen LogP contribution in [0.1, 0.15) is 12.8 Å². The summed E-state index contributed by atoms with van der Waals surface area (Å²) in [7, 11) is 0. The molecule has 0 bridgehead atoms. The van der Waals surface area contributed by atoms with Crippen molar-refractivity contribution in [2.75, 3.05) is 5.32 Å². The fourth-order valence-corrected chi connectivity index (χ4v) is 2.56. The van der Waals surface area contributed by atoms with Crippen LogP contribution in [0.2, 0.25) is 0 Å². The van der Waals surface area contributed by atoms with Gasteiger partial charge in [0.1, 0.15) is 10.4 Å². The summed E-state index contributed by atoms with van der Waals surface area (Å²) >= 11 is 3.27. The average molecular weight is 282 g/mol. The van der Waals surface area contributed by atoms with Crippen LogP contribution < -0.4 is 10.6 Å². The third-order valence-corrected chi connectivity index (χ3v) is 3.60. The van der Waals surface area contributed by atoms with Gasteiger partial charge in [-0.25, -0.2) is 4.98 Å². The Morgan fingerprint density at radius 2 is 2.38 bits per heavy atom. The molecule has 1 aliphatic heterocycles. The Balaban J connectivity index is 1.64. The van der Waals surface area contributed by atoms with E-state index in [0.717, 1.165) is 16.9 Å². The molecule has 1 aliphatic carbocycles. The van der Waals surface area contributed by atoms with Gasteiger partial charge < -0.3 is 10.6 Å². The minimum absolute atomic E-state index is 0.0257. The van der Waals surface area contributed by atoms with Gasteiger partial charge in [0.15, 0.2) is 0 Å². The Hall–Kier alpha value is -0.940. The van der Waals surface area contributed by atoms with E-state index in [0.29, 0.717) is 11.9 Å². The normalized spacial score (nSPS) is 30.9. The van der Waals surface area contributed by atoms with Crippen molar-refractivity contribution in [3.05, 3.63) is 22.8 Å². The van der Waals surface area contributed by atoms with Crippen LogP contribution in [0, 0.1) is 5.92 Å². The Labute approximate surface area is 102 Å². The molecule has 5 heteroatoms. The molecule has 1 saturated heterocycles. The molecule has 1 amide bonds. The molecular formula is C11H12BrN3O. The van der Waals surface area contributed by atoms with E-state index in [1.165, 1.54) is 6.42 Å².